The summed E-state index contributed by atoms with van der Waals surface area (Å²) in [7, 11) is 0. The van der Waals surface area contributed by atoms with Crippen molar-refractivity contribution in [2.75, 3.05) is 45.9 Å². The first-order valence-corrected chi connectivity index (χ1v) is 10.3. The first-order valence-electron chi connectivity index (χ1n) is 10.3. The second-order valence-corrected chi connectivity index (χ2v) is 7.73. The summed E-state index contributed by atoms with van der Waals surface area (Å²) in [6, 6.07) is 0. The van der Waals surface area contributed by atoms with Crippen LogP contribution in [-0.2, 0) is 11.3 Å². The molecular formula is C19H35IN6O2. The zero-order chi connectivity index (χ0) is 19.0. The third-order valence-corrected chi connectivity index (χ3v) is 5.50. The number of aryl methyl sites for hydroxylation is 1. The van der Waals surface area contributed by atoms with Gasteiger partial charge in [-0.2, -0.15) is 4.98 Å². The van der Waals surface area contributed by atoms with Crippen molar-refractivity contribution in [2.24, 2.45) is 10.4 Å². The van der Waals surface area contributed by atoms with Crippen molar-refractivity contribution in [1.29, 1.82) is 0 Å². The number of nitrogens with zero attached hydrogens (tertiary/aromatic N) is 4. The predicted octanol–water partition coefficient (Wildman–Crippen LogP) is 2.33. The van der Waals surface area contributed by atoms with E-state index in [-0.39, 0.29) is 24.0 Å². The van der Waals surface area contributed by atoms with E-state index in [0.29, 0.717) is 23.7 Å². The van der Waals surface area contributed by atoms with Crippen LogP contribution >= 0.6 is 24.0 Å². The lowest BCUT2D eigenvalue weighted by Gasteiger charge is -2.42. The van der Waals surface area contributed by atoms with Gasteiger partial charge in [-0.3, -0.25) is 4.90 Å². The highest BCUT2D eigenvalue weighted by molar-refractivity contribution is 14.0. The van der Waals surface area contributed by atoms with Gasteiger partial charge in [-0.15, -0.1) is 24.0 Å². The summed E-state index contributed by atoms with van der Waals surface area (Å²) in [5.74, 6) is 2.02. The molecule has 1 aromatic rings. The highest BCUT2D eigenvalue weighted by Crippen LogP contribution is 2.36. The summed E-state index contributed by atoms with van der Waals surface area (Å²) < 4.78 is 10.5. The van der Waals surface area contributed by atoms with Crippen LogP contribution in [0.2, 0.25) is 0 Å². The number of aliphatic imine (C=N–C) groups is 1. The van der Waals surface area contributed by atoms with Gasteiger partial charge in [-0.05, 0) is 19.8 Å². The number of halogens is 1. The summed E-state index contributed by atoms with van der Waals surface area (Å²) in [5.41, 5.74) is 0.314. The standard InChI is InChI=1S/C19H34N6O2.HI/c1-3-20-18(21-13-17-23-16(2)27-24-17)22-14-19(7-5-4-6-8-19)15-25-9-11-26-12-10-25;/h3-15H2,1-2H3,(H2,20,21,22);1H. The van der Waals surface area contributed by atoms with E-state index < -0.39 is 0 Å². The van der Waals surface area contributed by atoms with Gasteiger partial charge < -0.3 is 19.9 Å². The molecule has 28 heavy (non-hydrogen) atoms. The number of morpholine rings is 1. The molecule has 0 radical (unpaired) electrons. The topological polar surface area (TPSA) is 87.8 Å². The summed E-state index contributed by atoms with van der Waals surface area (Å²) in [5, 5.41) is 10.9. The Morgan fingerprint density at radius 1 is 1.18 bits per heavy atom. The lowest BCUT2D eigenvalue weighted by Crippen LogP contribution is -2.51. The summed E-state index contributed by atoms with van der Waals surface area (Å²) >= 11 is 0. The molecule has 1 saturated carbocycles. The van der Waals surface area contributed by atoms with Crippen LogP contribution in [0.5, 0.6) is 0 Å². The van der Waals surface area contributed by atoms with Crippen molar-refractivity contribution in [3.8, 4) is 0 Å². The number of ether oxygens (including phenoxy) is 1. The zero-order valence-corrected chi connectivity index (χ0v) is 19.5. The fourth-order valence-corrected chi connectivity index (χ4v) is 4.09. The van der Waals surface area contributed by atoms with E-state index in [1.165, 1.54) is 32.1 Å². The fourth-order valence-electron chi connectivity index (χ4n) is 4.09. The Morgan fingerprint density at radius 2 is 1.93 bits per heavy atom. The maximum atomic E-state index is 5.52. The van der Waals surface area contributed by atoms with Gasteiger partial charge in [-0.25, -0.2) is 4.99 Å². The second kappa shape index (κ2) is 11.9. The molecule has 0 aromatic carbocycles. The van der Waals surface area contributed by atoms with E-state index in [1.807, 2.05) is 0 Å². The highest BCUT2D eigenvalue weighted by atomic mass is 127. The average Bonchev–Trinajstić information content (AvgIpc) is 3.11. The van der Waals surface area contributed by atoms with E-state index in [1.54, 1.807) is 6.92 Å². The Morgan fingerprint density at radius 3 is 2.57 bits per heavy atom. The molecule has 2 fully saturated rings. The third kappa shape index (κ3) is 7.14. The summed E-state index contributed by atoms with van der Waals surface area (Å²) in [4.78, 5) is 11.4. The van der Waals surface area contributed by atoms with Crippen LogP contribution in [0.3, 0.4) is 0 Å². The highest BCUT2D eigenvalue weighted by Gasteiger charge is 2.34. The van der Waals surface area contributed by atoms with E-state index in [0.717, 1.165) is 51.9 Å². The molecule has 0 amide bonds. The SMILES string of the molecule is CCNC(=NCc1noc(C)n1)NCC1(CN2CCOCC2)CCCCC1.I. The van der Waals surface area contributed by atoms with Crippen molar-refractivity contribution >= 4 is 29.9 Å². The van der Waals surface area contributed by atoms with Crippen molar-refractivity contribution in [3.05, 3.63) is 11.7 Å². The summed E-state index contributed by atoms with van der Waals surface area (Å²) in [6.45, 7) is 11.0. The minimum atomic E-state index is 0. The van der Waals surface area contributed by atoms with E-state index >= 15 is 0 Å². The lowest BCUT2D eigenvalue weighted by molar-refractivity contribution is 0.00820. The third-order valence-electron chi connectivity index (χ3n) is 5.50. The number of nitrogens with one attached hydrogen (secondary N) is 2. The minimum Gasteiger partial charge on any atom is -0.379 e. The van der Waals surface area contributed by atoms with E-state index in [2.05, 4.69) is 37.6 Å². The van der Waals surface area contributed by atoms with Crippen LogP contribution in [0, 0.1) is 12.3 Å². The predicted molar refractivity (Wildman–Crippen MR) is 120 cm³/mol. The smallest absolute Gasteiger partial charge is 0.223 e. The maximum Gasteiger partial charge on any atom is 0.223 e. The number of rotatable bonds is 7. The van der Waals surface area contributed by atoms with Crippen LogP contribution in [0.25, 0.3) is 0 Å². The van der Waals surface area contributed by atoms with Gasteiger partial charge in [0.15, 0.2) is 11.8 Å². The normalized spacial score (nSPS) is 20.4. The Kier molecular flexibility index (Phi) is 9.93. The number of guanidine groups is 1. The minimum absolute atomic E-state index is 0. The molecule has 3 rings (SSSR count). The molecule has 1 saturated heterocycles. The number of aromatic nitrogens is 2. The zero-order valence-electron chi connectivity index (χ0n) is 17.2. The molecule has 0 spiro atoms. The Bertz CT molecular complexity index is 597. The lowest BCUT2D eigenvalue weighted by atomic mass is 9.73. The van der Waals surface area contributed by atoms with Gasteiger partial charge in [0.2, 0.25) is 5.89 Å². The summed E-state index contributed by atoms with van der Waals surface area (Å²) in [6.07, 6.45) is 6.56. The molecule has 2 heterocycles. The van der Waals surface area contributed by atoms with Crippen LogP contribution in [0.1, 0.15) is 50.7 Å². The van der Waals surface area contributed by atoms with Gasteiger partial charge in [-0.1, -0.05) is 24.4 Å². The second-order valence-electron chi connectivity index (χ2n) is 7.73. The molecular weight excluding hydrogens is 471 g/mol. The van der Waals surface area contributed by atoms with Gasteiger partial charge >= 0.3 is 0 Å². The molecule has 8 nitrogen and oxygen atoms in total. The van der Waals surface area contributed by atoms with Crippen LogP contribution < -0.4 is 10.6 Å². The fraction of sp³-hybridized carbons (Fsp3) is 0.842. The van der Waals surface area contributed by atoms with Crippen molar-refractivity contribution in [3.63, 3.8) is 0 Å². The Hall–Kier alpha value is -0.940. The van der Waals surface area contributed by atoms with Crippen LogP contribution in [-0.4, -0.2) is 66.9 Å². The Labute approximate surface area is 185 Å². The van der Waals surface area contributed by atoms with Gasteiger partial charge in [0.1, 0.15) is 6.54 Å². The van der Waals surface area contributed by atoms with Crippen LogP contribution in [0.15, 0.2) is 9.52 Å². The molecule has 1 aliphatic carbocycles. The molecule has 1 aromatic heterocycles. The molecule has 9 heteroatoms. The van der Waals surface area contributed by atoms with Crippen molar-refractivity contribution < 1.29 is 9.26 Å². The monoisotopic (exact) mass is 506 g/mol. The van der Waals surface area contributed by atoms with E-state index in [4.69, 9.17) is 9.26 Å². The van der Waals surface area contributed by atoms with Gasteiger partial charge in [0.25, 0.3) is 0 Å². The molecule has 0 bridgehead atoms. The maximum absolute atomic E-state index is 5.52. The van der Waals surface area contributed by atoms with Gasteiger partial charge in [0.05, 0.1) is 13.2 Å². The number of hydrogen-bond acceptors (Lipinski definition) is 6. The molecule has 2 aliphatic rings. The molecule has 2 N–H and O–H groups in total. The van der Waals surface area contributed by atoms with Gasteiger partial charge in [0, 0.05) is 45.1 Å². The Balaban J connectivity index is 0.00000280. The largest absolute Gasteiger partial charge is 0.379 e. The average molecular weight is 506 g/mol. The van der Waals surface area contributed by atoms with Crippen molar-refractivity contribution in [2.45, 2.75) is 52.5 Å². The first kappa shape index (κ1) is 23.3. The van der Waals surface area contributed by atoms with E-state index in [9.17, 15) is 0 Å². The van der Waals surface area contributed by atoms with Crippen molar-refractivity contribution in [1.82, 2.24) is 25.7 Å². The molecule has 160 valence electrons. The first-order chi connectivity index (χ1) is 13.2. The molecule has 1 aliphatic heterocycles. The molecule has 0 atom stereocenters. The van der Waals surface area contributed by atoms with Crippen LogP contribution in [0.4, 0.5) is 0 Å². The quantitative estimate of drug-likeness (QED) is 0.334. The number of hydrogen-bond donors (Lipinski definition) is 2. The molecule has 0 unspecified atom stereocenters.